The van der Waals surface area contributed by atoms with Crippen molar-refractivity contribution >= 4 is 28.8 Å². The molecule has 0 N–H and O–H groups in total. The Bertz CT molecular complexity index is 735. The van der Waals surface area contributed by atoms with Crippen molar-refractivity contribution in [3.8, 4) is 0 Å². The van der Waals surface area contributed by atoms with E-state index in [1.54, 1.807) is 0 Å². The number of benzene rings is 2. The van der Waals surface area contributed by atoms with Gasteiger partial charge in [-0.05, 0) is 36.4 Å². The Kier molecular flexibility index (Phi) is 5.34. The lowest BCUT2D eigenvalue weighted by Crippen LogP contribution is -2.50. The molecule has 1 heterocycles. The Balaban J connectivity index is 1.60. The first-order chi connectivity index (χ1) is 12.1. The molecule has 0 bridgehead atoms. The molecule has 25 heavy (non-hydrogen) atoms. The summed E-state index contributed by atoms with van der Waals surface area (Å²) in [5.74, 6) is 0.0986. The molecule has 2 aromatic carbocycles. The normalized spacial score (nSPS) is 14.3. The summed E-state index contributed by atoms with van der Waals surface area (Å²) in [6.07, 6.45) is 0. The summed E-state index contributed by atoms with van der Waals surface area (Å²) >= 11 is 5.66. The van der Waals surface area contributed by atoms with Crippen molar-refractivity contribution in [1.82, 2.24) is 9.80 Å². The predicted octanol–water partition coefficient (Wildman–Crippen LogP) is 2.89. The number of hydrogen-bond acceptors (Lipinski definition) is 3. The van der Waals surface area contributed by atoms with E-state index >= 15 is 0 Å². The van der Waals surface area contributed by atoms with E-state index in [4.69, 9.17) is 12.2 Å². The van der Waals surface area contributed by atoms with Gasteiger partial charge in [0.05, 0.1) is 0 Å². The predicted molar refractivity (Wildman–Crippen MR) is 106 cm³/mol. The zero-order valence-corrected chi connectivity index (χ0v) is 15.5. The zero-order chi connectivity index (χ0) is 17.8. The van der Waals surface area contributed by atoms with Gasteiger partial charge < -0.3 is 14.7 Å². The molecular weight excluding hydrogens is 330 g/mol. The monoisotopic (exact) mass is 353 g/mol. The Labute approximate surface area is 154 Å². The minimum atomic E-state index is 0.0986. The number of rotatable bonds is 3. The van der Waals surface area contributed by atoms with Crippen LogP contribution in [0.25, 0.3) is 0 Å². The summed E-state index contributed by atoms with van der Waals surface area (Å²) < 4.78 is 0. The summed E-state index contributed by atoms with van der Waals surface area (Å²) in [7, 11) is 4.05. The molecule has 4 nitrogen and oxygen atoms in total. The molecule has 0 radical (unpaired) electrons. The fraction of sp³-hybridized carbons (Fsp3) is 0.300. The number of carbonyl (C=O) groups is 1. The van der Waals surface area contributed by atoms with E-state index in [2.05, 4.69) is 34.1 Å². The third-order valence-corrected chi connectivity index (χ3v) is 5.00. The summed E-state index contributed by atoms with van der Waals surface area (Å²) in [5.41, 5.74) is 2.96. The quantitative estimate of drug-likeness (QED) is 0.793. The molecule has 2 aromatic rings. The fourth-order valence-corrected chi connectivity index (χ4v) is 3.28. The molecule has 1 amide bonds. The van der Waals surface area contributed by atoms with Crippen LogP contribution in [-0.2, 0) is 0 Å². The highest BCUT2D eigenvalue weighted by molar-refractivity contribution is 7.80. The van der Waals surface area contributed by atoms with Crippen LogP contribution in [0.1, 0.15) is 15.9 Å². The average molecular weight is 353 g/mol. The maximum absolute atomic E-state index is 12.5. The molecule has 5 heteroatoms. The topological polar surface area (TPSA) is 26.8 Å². The highest BCUT2D eigenvalue weighted by Crippen LogP contribution is 2.16. The molecule has 130 valence electrons. The van der Waals surface area contributed by atoms with Gasteiger partial charge in [-0.2, -0.15) is 0 Å². The van der Waals surface area contributed by atoms with Gasteiger partial charge in [0.25, 0.3) is 5.91 Å². The van der Waals surface area contributed by atoms with Gasteiger partial charge >= 0.3 is 0 Å². The van der Waals surface area contributed by atoms with Crippen LogP contribution >= 0.6 is 12.2 Å². The zero-order valence-electron chi connectivity index (χ0n) is 14.7. The van der Waals surface area contributed by atoms with Gasteiger partial charge in [-0.15, -0.1) is 0 Å². The third-order valence-electron chi connectivity index (χ3n) is 4.51. The highest BCUT2D eigenvalue weighted by Gasteiger charge is 2.23. The Hall–Kier alpha value is -2.40. The molecule has 1 saturated heterocycles. The van der Waals surface area contributed by atoms with Crippen molar-refractivity contribution in [2.75, 3.05) is 45.2 Å². The molecule has 0 atom stereocenters. The molecular formula is C20H23N3OS. The molecule has 0 spiro atoms. The Morgan fingerprint density at radius 3 is 1.96 bits per heavy atom. The molecule has 0 aromatic heterocycles. The third kappa shape index (κ3) is 3.99. The van der Waals surface area contributed by atoms with E-state index in [1.807, 2.05) is 49.3 Å². The molecule has 1 aliphatic heterocycles. The lowest BCUT2D eigenvalue weighted by molar-refractivity contribution is 0.0693. The highest BCUT2D eigenvalue weighted by atomic mass is 32.1. The second-order valence-electron chi connectivity index (χ2n) is 6.39. The SMILES string of the molecule is CN(C)c1ccc(C(=S)N2CCN(C(=O)c3ccccc3)CC2)cc1. The van der Waals surface area contributed by atoms with Gasteiger partial charge in [-0.3, -0.25) is 4.79 Å². The lowest BCUT2D eigenvalue weighted by Gasteiger charge is -2.36. The van der Waals surface area contributed by atoms with E-state index < -0.39 is 0 Å². The molecule has 1 fully saturated rings. The van der Waals surface area contributed by atoms with Crippen LogP contribution < -0.4 is 4.90 Å². The molecule has 0 unspecified atom stereocenters. The van der Waals surface area contributed by atoms with Gasteiger partial charge in [0.2, 0.25) is 0 Å². The first kappa shape index (κ1) is 17.4. The van der Waals surface area contributed by atoms with Crippen molar-refractivity contribution in [1.29, 1.82) is 0 Å². The van der Waals surface area contributed by atoms with Crippen LogP contribution in [-0.4, -0.2) is 61.0 Å². The van der Waals surface area contributed by atoms with E-state index in [1.165, 1.54) is 0 Å². The van der Waals surface area contributed by atoms with E-state index in [0.29, 0.717) is 13.1 Å². The van der Waals surface area contributed by atoms with Gasteiger partial charge in [0, 0.05) is 57.1 Å². The van der Waals surface area contributed by atoms with Gasteiger partial charge in [-0.25, -0.2) is 0 Å². The van der Waals surface area contributed by atoms with Gasteiger partial charge in [0.15, 0.2) is 0 Å². The minimum absolute atomic E-state index is 0.0986. The van der Waals surface area contributed by atoms with Crippen LogP contribution in [0.15, 0.2) is 54.6 Å². The van der Waals surface area contributed by atoms with Crippen LogP contribution in [0, 0.1) is 0 Å². The number of carbonyl (C=O) groups excluding carboxylic acids is 1. The summed E-state index contributed by atoms with van der Waals surface area (Å²) in [6.45, 7) is 2.94. The Morgan fingerprint density at radius 1 is 0.840 bits per heavy atom. The maximum atomic E-state index is 12.5. The number of hydrogen-bond donors (Lipinski definition) is 0. The number of piperazine rings is 1. The molecule has 0 saturated carbocycles. The molecule has 3 rings (SSSR count). The standard InChI is InChI=1S/C20H23N3OS/c1-21(2)18-10-8-17(9-11-18)20(25)23-14-12-22(13-15-23)19(24)16-6-4-3-5-7-16/h3-11H,12-15H2,1-2H3. The average Bonchev–Trinajstić information content (AvgIpc) is 2.67. The largest absolute Gasteiger partial charge is 0.378 e. The second kappa shape index (κ2) is 7.66. The van der Waals surface area contributed by atoms with Crippen molar-refractivity contribution in [3.63, 3.8) is 0 Å². The number of thiocarbonyl (C=S) groups is 1. The fourth-order valence-electron chi connectivity index (χ4n) is 2.96. The number of anilines is 1. The summed E-state index contributed by atoms with van der Waals surface area (Å²) in [4.78, 5) is 19.5. The first-order valence-electron chi connectivity index (χ1n) is 8.47. The van der Waals surface area contributed by atoms with Crippen LogP contribution in [0.2, 0.25) is 0 Å². The van der Waals surface area contributed by atoms with Crippen LogP contribution in [0.3, 0.4) is 0 Å². The van der Waals surface area contributed by atoms with Crippen molar-refractivity contribution in [3.05, 3.63) is 65.7 Å². The Morgan fingerprint density at radius 2 is 1.40 bits per heavy atom. The van der Waals surface area contributed by atoms with Gasteiger partial charge in [-0.1, -0.05) is 30.4 Å². The van der Waals surface area contributed by atoms with E-state index in [-0.39, 0.29) is 5.91 Å². The van der Waals surface area contributed by atoms with Crippen LogP contribution in [0.5, 0.6) is 0 Å². The van der Waals surface area contributed by atoms with Crippen molar-refractivity contribution in [2.24, 2.45) is 0 Å². The van der Waals surface area contributed by atoms with E-state index in [9.17, 15) is 4.79 Å². The van der Waals surface area contributed by atoms with Crippen molar-refractivity contribution in [2.45, 2.75) is 0 Å². The number of amides is 1. The maximum Gasteiger partial charge on any atom is 0.253 e. The first-order valence-corrected chi connectivity index (χ1v) is 8.88. The number of nitrogens with zero attached hydrogens (tertiary/aromatic N) is 3. The lowest BCUT2D eigenvalue weighted by atomic mass is 10.1. The van der Waals surface area contributed by atoms with Gasteiger partial charge in [0.1, 0.15) is 4.99 Å². The minimum Gasteiger partial charge on any atom is -0.378 e. The second-order valence-corrected chi connectivity index (χ2v) is 6.78. The smallest absolute Gasteiger partial charge is 0.253 e. The van der Waals surface area contributed by atoms with Crippen LogP contribution in [0.4, 0.5) is 5.69 Å². The molecule has 1 aliphatic rings. The summed E-state index contributed by atoms with van der Waals surface area (Å²) in [5, 5.41) is 0. The summed E-state index contributed by atoms with van der Waals surface area (Å²) in [6, 6.07) is 17.8. The van der Waals surface area contributed by atoms with E-state index in [0.717, 1.165) is 34.9 Å². The van der Waals surface area contributed by atoms with Crippen molar-refractivity contribution < 1.29 is 4.79 Å². The molecule has 0 aliphatic carbocycles.